The van der Waals surface area contributed by atoms with Gasteiger partial charge in [0.05, 0.1) is 5.69 Å². The van der Waals surface area contributed by atoms with Crippen LogP contribution in [0.4, 0.5) is 17.1 Å². The van der Waals surface area contributed by atoms with Crippen LogP contribution in [0.3, 0.4) is 0 Å². The number of fused-ring (bicyclic) bond motifs is 10. The first-order chi connectivity index (χ1) is 26.8. The number of hydrogen-bond acceptors (Lipinski definition) is 2. The predicted octanol–water partition coefficient (Wildman–Crippen LogP) is 15.0. The molecule has 0 spiro atoms. The van der Waals surface area contributed by atoms with Crippen LogP contribution < -0.4 is 4.90 Å². The van der Waals surface area contributed by atoms with Gasteiger partial charge < -0.3 is 9.32 Å². The molecule has 0 unspecified atom stereocenters. The lowest BCUT2D eigenvalue weighted by molar-refractivity contribution is 0.672. The molecule has 54 heavy (non-hydrogen) atoms. The number of para-hydroxylation sites is 2. The van der Waals surface area contributed by atoms with Crippen LogP contribution in [-0.2, 0) is 0 Å². The smallest absolute Gasteiger partial charge is 0.143 e. The first-order valence-corrected chi connectivity index (χ1v) is 18.5. The molecule has 0 radical (unpaired) electrons. The second kappa shape index (κ2) is 12.2. The highest BCUT2D eigenvalue weighted by atomic mass is 16.3. The summed E-state index contributed by atoms with van der Waals surface area (Å²) in [6, 6.07) is 72.3. The van der Waals surface area contributed by atoms with E-state index in [1.54, 1.807) is 0 Å². The van der Waals surface area contributed by atoms with Gasteiger partial charge in [-0.15, -0.1) is 0 Å². The normalized spacial score (nSPS) is 11.7. The van der Waals surface area contributed by atoms with E-state index in [2.05, 4.69) is 199 Å². The first kappa shape index (κ1) is 30.5. The number of rotatable bonds is 5. The Balaban J connectivity index is 1.11. The maximum atomic E-state index is 6.54. The lowest BCUT2D eigenvalue weighted by Crippen LogP contribution is -2.11. The third kappa shape index (κ3) is 4.81. The fourth-order valence-corrected chi connectivity index (χ4v) is 8.49. The number of furan rings is 1. The van der Waals surface area contributed by atoms with Gasteiger partial charge >= 0.3 is 0 Å². The molecule has 0 aliphatic heterocycles. The van der Waals surface area contributed by atoms with Crippen molar-refractivity contribution in [1.82, 2.24) is 0 Å². The molecular formula is C52H33NO. The van der Waals surface area contributed by atoms with Gasteiger partial charge in [0.15, 0.2) is 0 Å². The molecule has 0 aliphatic rings. The molecule has 0 aliphatic carbocycles. The van der Waals surface area contributed by atoms with Gasteiger partial charge in [-0.3, -0.25) is 0 Å². The van der Waals surface area contributed by atoms with E-state index in [-0.39, 0.29) is 0 Å². The minimum Gasteiger partial charge on any atom is -0.455 e. The van der Waals surface area contributed by atoms with Crippen LogP contribution in [-0.4, -0.2) is 0 Å². The Morgan fingerprint density at radius 2 is 0.944 bits per heavy atom. The Hall–Kier alpha value is -7.16. The molecule has 11 rings (SSSR count). The third-order valence-corrected chi connectivity index (χ3v) is 11.0. The molecule has 1 aromatic heterocycles. The number of anilines is 3. The van der Waals surface area contributed by atoms with Crippen LogP contribution >= 0.6 is 0 Å². The largest absolute Gasteiger partial charge is 0.455 e. The van der Waals surface area contributed by atoms with Crippen molar-refractivity contribution in [3.05, 3.63) is 200 Å². The second-order valence-electron chi connectivity index (χ2n) is 14.1. The van der Waals surface area contributed by atoms with Gasteiger partial charge in [0.2, 0.25) is 0 Å². The lowest BCUT2D eigenvalue weighted by atomic mass is 9.90. The zero-order valence-electron chi connectivity index (χ0n) is 29.4. The van der Waals surface area contributed by atoms with Gasteiger partial charge in [0.1, 0.15) is 11.2 Å². The Kier molecular flexibility index (Phi) is 6.90. The average molecular weight is 688 g/mol. The molecule has 1 heterocycles. The van der Waals surface area contributed by atoms with Crippen molar-refractivity contribution >= 4 is 82.1 Å². The number of benzene rings is 10. The van der Waals surface area contributed by atoms with Gasteiger partial charge in [0.25, 0.3) is 0 Å². The standard InChI is InChI=1S/C52H33NO/c1-2-12-34(13-3-1)41-15-8-10-20-49(41)53(40-30-26-37-27-31-46-44-18-9-11-21-50(44)54-52(46)48(37)33-40)39-28-24-36(25-29-39)47-32-38-23-22-35-14-4-5-16-42(35)51(38)45-19-7-6-17-43(45)47/h1-33H. The Labute approximate surface area is 312 Å². The van der Waals surface area contributed by atoms with Crippen molar-refractivity contribution in [2.75, 3.05) is 4.90 Å². The van der Waals surface area contributed by atoms with Crippen LogP contribution in [0.25, 0.3) is 87.3 Å². The summed E-state index contributed by atoms with van der Waals surface area (Å²) < 4.78 is 6.54. The van der Waals surface area contributed by atoms with Gasteiger partial charge in [-0.2, -0.15) is 0 Å². The highest BCUT2D eigenvalue weighted by molar-refractivity contribution is 6.23. The summed E-state index contributed by atoms with van der Waals surface area (Å²) in [6.45, 7) is 0. The molecule has 0 saturated heterocycles. The predicted molar refractivity (Wildman–Crippen MR) is 229 cm³/mol. The third-order valence-electron chi connectivity index (χ3n) is 11.0. The molecule has 0 atom stereocenters. The molecule has 0 saturated carbocycles. The van der Waals surface area contributed by atoms with Crippen LogP contribution in [0.1, 0.15) is 0 Å². The van der Waals surface area contributed by atoms with Crippen LogP contribution in [0.15, 0.2) is 205 Å². The topological polar surface area (TPSA) is 16.4 Å². The summed E-state index contributed by atoms with van der Waals surface area (Å²) in [4.78, 5) is 2.39. The fraction of sp³-hybridized carbons (Fsp3) is 0. The molecule has 0 N–H and O–H groups in total. The molecule has 0 bridgehead atoms. The van der Waals surface area contributed by atoms with E-state index in [0.717, 1.165) is 55.3 Å². The van der Waals surface area contributed by atoms with Gasteiger partial charge in [-0.05, 0) is 103 Å². The minimum atomic E-state index is 0.904. The van der Waals surface area contributed by atoms with Crippen molar-refractivity contribution in [2.45, 2.75) is 0 Å². The van der Waals surface area contributed by atoms with Crippen molar-refractivity contribution in [3.8, 4) is 22.3 Å². The van der Waals surface area contributed by atoms with Gasteiger partial charge in [-0.25, -0.2) is 0 Å². The Morgan fingerprint density at radius 1 is 0.333 bits per heavy atom. The summed E-state index contributed by atoms with van der Waals surface area (Å²) in [6.07, 6.45) is 0. The van der Waals surface area contributed by atoms with Crippen LogP contribution in [0.2, 0.25) is 0 Å². The van der Waals surface area contributed by atoms with E-state index >= 15 is 0 Å². The van der Waals surface area contributed by atoms with Crippen molar-refractivity contribution in [1.29, 1.82) is 0 Å². The van der Waals surface area contributed by atoms with Gasteiger partial charge in [0, 0.05) is 33.1 Å². The Morgan fingerprint density at radius 3 is 1.81 bits per heavy atom. The van der Waals surface area contributed by atoms with E-state index in [4.69, 9.17) is 4.42 Å². The summed E-state index contributed by atoms with van der Waals surface area (Å²) >= 11 is 0. The quantitative estimate of drug-likeness (QED) is 0.168. The van der Waals surface area contributed by atoms with Crippen LogP contribution in [0, 0.1) is 0 Å². The molecule has 0 fully saturated rings. The highest BCUT2D eigenvalue weighted by Crippen LogP contribution is 2.44. The number of nitrogens with zero attached hydrogens (tertiary/aromatic N) is 1. The molecule has 0 amide bonds. The van der Waals surface area contributed by atoms with Gasteiger partial charge in [-0.1, -0.05) is 152 Å². The van der Waals surface area contributed by atoms with E-state index in [1.807, 2.05) is 6.07 Å². The van der Waals surface area contributed by atoms with Crippen molar-refractivity contribution in [2.24, 2.45) is 0 Å². The van der Waals surface area contributed by atoms with E-state index in [9.17, 15) is 0 Å². The monoisotopic (exact) mass is 687 g/mol. The minimum absolute atomic E-state index is 0.904. The fourth-order valence-electron chi connectivity index (χ4n) is 8.49. The van der Waals surface area contributed by atoms with E-state index < -0.39 is 0 Å². The summed E-state index contributed by atoms with van der Waals surface area (Å²) in [5.41, 5.74) is 9.82. The van der Waals surface area contributed by atoms with Crippen molar-refractivity contribution < 1.29 is 4.42 Å². The van der Waals surface area contributed by atoms with E-state index in [1.165, 1.54) is 49.0 Å². The summed E-state index contributed by atoms with van der Waals surface area (Å²) in [7, 11) is 0. The SMILES string of the molecule is c1ccc(-c2ccccc2N(c2ccc(-c3cc4ccc5ccccc5c4c4ccccc34)cc2)c2ccc3ccc4c5ccccc5oc4c3c2)cc1. The maximum Gasteiger partial charge on any atom is 0.143 e. The average Bonchev–Trinajstić information content (AvgIpc) is 3.63. The van der Waals surface area contributed by atoms with Crippen molar-refractivity contribution in [3.63, 3.8) is 0 Å². The number of hydrogen-bond donors (Lipinski definition) is 0. The maximum absolute atomic E-state index is 6.54. The highest BCUT2D eigenvalue weighted by Gasteiger charge is 2.20. The first-order valence-electron chi connectivity index (χ1n) is 18.5. The zero-order valence-corrected chi connectivity index (χ0v) is 29.4. The molecule has 2 heteroatoms. The molecule has 11 aromatic rings. The summed E-state index contributed by atoms with van der Waals surface area (Å²) in [5.74, 6) is 0. The summed E-state index contributed by atoms with van der Waals surface area (Å²) in [5, 5.41) is 12.1. The molecule has 10 aromatic carbocycles. The molecular weight excluding hydrogens is 655 g/mol. The Bertz CT molecular complexity index is 3210. The van der Waals surface area contributed by atoms with Crippen LogP contribution in [0.5, 0.6) is 0 Å². The lowest BCUT2D eigenvalue weighted by Gasteiger charge is -2.28. The second-order valence-corrected chi connectivity index (χ2v) is 14.1. The molecule has 252 valence electrons. The molecule has 2 nitrogen and oxygen atoms in total. The zero-order chi connectivity index (χ0) is 35.6. The van der Waals surface area contributed by atoms with E-state index in [0.29, 0.717) is 0 Å².